The fraction of sp³-hybridized carbons (Fsp3) is 1.00. The summed E-state index contributed by atoms with van der Waals surface area (Å²) in [6.45, 7) is 2.48. The molecule has 0 aromatic carbocycles. The largest absolute Gasteiger partial charge is 0.396 e. The van der Waals surface area contributed by atoms with Crippen LogP contribution in [0.5, 0.6) is 0 Å². The van der Waals surface area contributed by atoms with Crippen LogP contribution in [-0.2, 0) is 0 Å². The molecule has 0 saturated heterocycles. The van der Waals surface area contributed by atoms with Gasteiger partial charge in [0.1, 0.15) is 0 Å². The van der Waals surface area contributed by atoms with Gasteiger partial charge in [0.05, 0.1) is 0 Å². The van der Waals surface area contributed by atoms with Crippen molar-refractivity contribution in [3.63, 3.8) is 0 Å². The maximum absolute atomic E-state index is 8.20. The topological polar surface area (TPSA) is 60.7 Å². The fourth-order valence-corrected chi connectivity index (χ4v) is 0.362. The zero-order chi connectivity index (χ0) is 6.83. The molecule has 0 rings (SSSR count). The number of aliphatic hydroxyl groups excluding tert-OH is 1. The summed E-state index contributed by atoms with van der Waals surface area (Å²) in [6, 6.07) is 0. The van der Waals surface area contributed by atoms with Crippen molar-refractivity contribution in [2.45, 2.75) is 26.2 Å². The fourth-order valence-electron chi connectivity index (χ4n) is 0.362. The predicted octanol–water partition coefficient (Wildman–Crippen LogP) is 1.19. The summed E-state index contributed by atoms with van der Waals surface area (Å²) in [4.78, 5) is 0. The van der Waals surface area contributed by atoms with Crippen LogP contribution in [0.2, 0.25) is 0 Å². The van der Waals surface area contributed by atoms with Crippen molar-refractivity contribution in [3.8, 4) is 0 Å². The van der Waals surface area contributed by atoms with E-state index in [-0.39, 0.29) is 0 Å². The molecule has 0 atom stereocenters. The Balaban J connectivity index is 0. The van der Waals surface area contributed by atoms with E-state index in [1.807, 2.05) is 0 Å². The van der Waals surface area contributed by atoms with Crippen molar-refractivity contribution in [1.82, 2.24) is 0 Å². The molecular formula is C5H14O3. The molecule has 0 aliphatic heterocycles. The molecule has 0 aromatic rings. The molecule has 3 N–H and O–H groups in total. The molecule has 0 heterocycles. The van der Waals surface area contributed by atoms with Gasteiger partial charge in [-0.3, -0.25) is 10.5 Å². The zero-order valence-electron chi connectivity index (χ0n) is 5.17. The number of aliphatic hydroxyl groups is 1. The summed E-state index contributed by atoms with van der Waals surface area (Å²) in [7, 11) is 0. The standard InChI is InChI=1S/C5H12O.H2O2/c1-2-3-4-5-6;1-2/h6H,2-5H2,1H3;1-2H. The van der Waals surface area contributed by atoms with E-state index in [9.17, 15) is 0 Å². The van der Waals surface area contributed by atoms with Gasteiger partial charge in [-0.25, -0.2) is 0 Å². The first kappa shape index (κ1) is 10.8. The van der Waals surface area contributed by atoms with Crippen molar-refractivity contribution < 1.29 is 15.6 Å². The third-order valence-corrected chi connectivity index (χ3v) is 0.762. The summed E-state index contributed by atoms with van der Waals surface area (Å²) in [5.74, 6) is 0. The third kappa shape index (κ3) is 16.9. The van der Waals surface area contributed by atoms with Crippen molar-refractivity contribution >= 4 is 0 Å². The molecule has 52 valence electrons. The number of hydrogen-bond donors (Lipinski definition) is 3. The Labute approximate surface area is 49.5 Å². The van der Waals surface area contributed by atoms with Gasteiger partial charge in [0.15, 0.2) is 0 Å². The minimum Gasteiger partial charge on any atom is -0.396 e. The van der Waals surface area contributed by atoms with Crippen LogP contribution in [-0.4, -0.2) is 22.2 Å². The van der Waals surface area contributed by atoms with Crippen LogP contribution in [0.15, 0.2) is 0 Å². The molecule has 0 amide bonds. The van der Waals surface area contributed by atoms with E-state index >= 15 is 0 Å². The van der Waals surface area contributed by atoms with Gasteiger partial charge in [-0.05, 0) is 6.42 Å². The van der Waals surface area contributed by atoms with E-state index in [4.69, 9.17) is 15.6 Å². The highest BCUT2D eigenvalue weighted by atomic mass is 17.0. The van der Waals surface area contributed by atoms with E-state index in [0.29, 0.717) is 6.61 Å². The van der Waals surface area contributed by atoms with Gasteiger partial charge in [0.25, 0.3) is 0 Å². The van der Waals surface area contributed by atoms with Crippen LogP contribution in [0.25, 0.3) is 0 Å². The normalized spacial score (nSPS) is 7.50. The maximum atomic E-state index is 8.20. The third-order valence-electron chi connectivity index (χ3n) is 0.762. The summed E-state index contributed by atoms with van der Waals surface area (Å²) in [5.41, 5.74) is 0. The first-order valence-electron chi connectivity index (χ1n) is 2.72. The van der Waals surface area contributed by atoms with Crippen molar-refractivity contribution in [3.05, 3.63) is 0 Å². The lowest BCUT2D eigenvalue weighted by Crippen LogP contribution is -1.78. The Hall–Kier alpha value is -0.120. The monoisotopic (exact) mass is 122 g/mol. The lowest BCUT2D eigenvalue weighted by molar-refractivity contribution is -0.176. The van der Waals surface area contributed by atoms with Gasteiger partial charge in [-0.15, -0.1) is 0 Å². The van der Waals surface area contributed by atoms with E-state index < -0.39 is 0 Å². The van der Waals surface area contributed by atoms with Crippen molar-refractivity contribution in [2.75, 3.05) is 6.61 Å². The van der Waals surface area contributed by atoms with Crippen LogP contribution in [0, 0.1) is 0 Å². The predicted molar refractivity (Wildman–Crippen MR) is 31.9 cm³/mol. The molecule has 0 saturated carbocycles. The Morgan fingerprint density at radius 2 is 1.62 bits per heavy atom. The molecule has 0 spiro atoms. The minimum atomic E-state index is 0.355. The smallest absolute Gasteiger partial charge is 0.0431 e. The first-order chi connectivity index (χ1) is 3.91. The lowest BCUT2D eigenvalue weighted by Gasteiger charge is -1.85. The number of rotatable bonds is 3. The van der Waals surface area contributed by atoms with Crippen LogP contribution in [0.3, 0.4) is 0 Å². The van der Waals surface area contributed by atoms with Crippen LogP contribution < -0.4 is 0 Å². The second-order valence-corrected chi connectivity index (χ2v) is 1.43. The lowest BCUT2D eigenvalue weighted by atomic mass is 10.3. The van der Waals surface area contributed by atoms with Crippen LogP contribution >= 0.6 is 0 Å². The molecule has 0 bridgehead atoms. The van der Waals surface area contributed by atoms with E-state index in [0.717, 1.165) is 12.8 Å². The molecule has 3 heteroatoms. The highest BCUT2D eigenvalue weighted by Gasteiger charge is 1.76. The van der Waals surface area contributed by atoms with Crippen LogP contribution in [0.4, 0.5) is 0 Å². The zero-order valence-corrected chi connectivity index (χ0v) is 5.17. The first-order valence-corrected chi connectivity index (χ1v) is 2.72. The second-order valence-electron chi connectivity index (χ2n) is 1.43. The molecule has 3 nitrogen and oxygen atoms in total. The van der Waals surface area contributed by atoms with E-state index in [2.05, 4.69) is 6.92 Å². The molecule has 0 radical (unpaired) electrons. The average molecular weight is 122 g/mol. The molecule has 0 aliphatic carbocycles. The molecular weight excluding hydrogens is 108 g/mol. The van der Waals surface area contributed by atoms with Gasteiger partial charge >= 0.3 is 0 Å². The van der Waals surface area contributed by atoms with Gasteiger partial charge < -0.3 is 5.11 Å². The van der Waals surface area contributed by atoms with Gasteiger partial charge in [0.2, 0.25) is 0 Å². The SMILES string of the molecule is CCCCCO.OO. The Morgan fingerprint density at radius 3 is 1.75 bits per heavy atom. The Bertz CT molecular complexity index is 19.6. The summed E-state index contributed by atoms with van der Waals surface area (Å²) < 4.78 is 0. The summed E-state index contributed by atoms with van der Waals surface area (Å²) in [6.07, 6.45) is 3.33. The molecule has 8 heavy (non-hydrogen) atoms. The Kier molecular flexibility index (Phi) is 21.3. The number of hydrogen-bond acceptors (Lipinski definition) is 3. The number of unbranched alkanes of at least 4 members (excludes halogenated alkanes) is 2. The van der Waals surface area contributed by atoms with Crippen molar-refractivity contribution in [1.29, 1.82) is 0 Å². The highest BCUT2D eigenvalue weighted by molar-refractivity contribution is 4.30. The van der Waals surface area contributed by atoms with Crippen molar-refractivity contribution in [2.24, 2.45) is 0 Å². The molecule has 0 aliphatic rings. The average Bonchev–Trinajstić information content (AvgIpc) is 1.88. The van der Waals surface area contributed by atoms with E-state index in [1.165, 1.54) is 6.42 Å². The Morgan fingerprint density at radius 1 is 1.12 bits per heavy atom. The quantitative estimate of drug-likeness (QED) is 0.299. The summed E-state index contributed by atoms with van der Waals surface area (Å²) in [5, 5.41) is 20.2. The molecule has 0 fully saturated rings. The van der Waals surface area contributed by atoms with Crippen LogP contribution in [0.1, 0.15) is 26.2 Å². The van der Waals surface area contributed by atoms with Gasteiger partial charge in [0, 0.05) is 6.61 Å². The summed E-state index contributed by atoms with van der Waals surface area (Å²) >= 11 is 0. The van der Waals surface area contributed by atoms with Gasteiger partial charge in [-0.1, -0.05) is 19.8 Å². The second kappa shape index (κ2) is 15.8. The highest BCUT2D eigenvalue weighted by Crippen LogP contribution is 1.89. The van der Waals surface area contributed by atoms with Gasteiger partial charge in [-0.2, -0.15) is 0 Å². The maximum Gasteiger partial charge on any atom is 0.0431 e. The molecule has 0 aromatic heterocycles. The minimum absolute atomic E-state index is 0.355. The van der Waals surface area contributed by atoms with E-state index in [1.54, 1.807) is 0 Å². The molecule has 0 unspecified atom stereocenters.